The Morgan fingerprint density at radius 2 is 2.11 bits per heavy atom. The van der Waals surface area contributed by atoms with E-state index in [1.54, 1.807) is 6.26 Å². The molecule has 2 heterocycles. The topological polar surface area (TPSA) is 78.1 Å². The molecule has 5 nitrogen and oxygen atoms in total. The summed E-state index contributed by atoms with van der Waals surface area (Å²) in [5.74, 6) is 1.79. The quantitative estimate of drug-likeness (QED) is 0.919. The van der Waals surface area contributed by atoms with Crippen LogP contribution in [0, 0.1) is 6.92 Å². The summed E-state index contributed by atoms with van der Waals surface area (Å²) in [7, 11) is 0. The van der Waals surface area contributed by atoms with Gasteiger partial charge in [0, 0.05) is 12.0 Å². The second kappa shape index (κ2) is 4.81. The molecule has 1 aliphatic carbocycles. The predicted octanol–water partition coefficient (Wildman–Crippen LogP) is 2.84. The van der Waals surface area contributed by atoms with Gasteiger partial charge in [-0.1, -0.05) is 24.4 Å². The molecule has 1 aliphatic rings. The van der Waals surface area contributed by atoms with Gasteiger partial charge in [0.05, 0.1) is 6.26 Å². The van der Waals surface area contributed by atoms with Crippen LogP contribution in [0.5, 0.6) is 0 Å². The predicted molar refractivity (Wildman–Crippen MR) is 70.4 cm³/mol. The minimum atomic E-state index is -0.180. The Bertz CT molecular complexity index is 553. The van der Waals surface area contributed by atoms with E-state index < -0.39 is 0 Å². The number of nitrogens with two attached hydrogens (primary N) is 1. The first-order valence-electron chi connectivity index (χ1n) is 6.82. The van der Waals surface area contributed by atoms with Crippen molar-refractivity contribution in [1.82, 2.24) is 10.1 Å². The lowest BCUT2D eigenvalue weighted by molar-refractivity contribution is 0.261. The molecule has 0 atom stereocenters. The third-order valence-corrected chi connectivity index (χ3v) is 3.89. The largest absolute Gasteiger partial charge is 0.461 e. The van der Waals surface area contributed by atoms with Crippen molar-refractivity contribution in [3.8, 4) is 11.6 Å². The molecule has 0 aromatic carbocycles. The molecule has 2 aromatic heterocycles. The molecule has 0 spiro atoms. The Morgan fingerprint density at radius 1 is 1.32 bits per heavy atom. The van der Waals surface area contributed by atoms with Crippen molar-refractivity contribution in [3.63, 3.8) is 0 Å². The standard InChI is InChI=1S/C14H19N3O2/c1-10-5-8-18-12(10)13-16-11(19-17-13)9-14(15)6-3-2-4-7-14/h5,8H,2-4,6-7,9,15H2,1H3. The first-order valence-corrected chi connectivity index (χ1v) is 6.82. The highest BCUT2D eigenvalue weighted by Crippen LogP contribution is 2.29. The zero-order valence-electron chi connectivity index (χ0n) is 11.2. The van der Waals surface area contributed by atoms with Crippen LogP contribution >= 0.6 is 0 Å². The van der Waals surface area contributed by atoms with Crippen molar-refractivity contribution >= 4 is 0 Å². The smallest absolute Gasteiger partial charge is 0.238 e. The molecular formula is C14H19N3O2. The van der Waals surface area contributed by atoms with E-state index in [9.17, 15) is 0 Å². The number of aromatic nitrogens is 2. The number of hydrogen-bond acceptors (Lipinski definition) is 5. The van der Waals surface area contributed by atoms with E-state index >= 15 is 0 Å². The van der Waals surface area contributed by atoms with Crippen LogP contribution in [-0.2, 0) is 6.42 Å². The molecule has 0 amide bonds. The molecule has 0 aliphatic heterocycles. The number of furan rings is 1. The lowest BCUT2D eigenvalue weighted by Crippen LogP contribution is -2.43. The maximum atomic E-state index is 6.40. The van der Waals surface area contributed by atoms with Crippen molar-refractivity contribution in [2.75, 3.05) is 0 Å². The van der Waals surface area contributed by atoms with Gasteiger partial charge in [0.2, 0.25) is 11.7 Å². The first-order chi connectivity index (χ1) is 9.16. The minimum absolute atomic E-state index is 0.180. The Balaban J connectivity index is 1.76. The fraction of sp³-hybridized carbons (Fsp3) is 0.571. The zero-order valence-corrected chi connectivity index (χ0v) is 11.2. The van der Waals surface area contributed by atoms with E-state index in [4.69, 9.17) is 14.7 Å². The number of nitrogens with zero attached hydrogens (tertiary/aromatic N) is 2. The Labute approximate surface area is 112 Å². The van der Waals surface area contributed by atoms with Gasteiger partial charge in [-0.05, 0) is 31.4 Å². The molecule has 0 bridgehead atoms. The summed E-state index contributed by atoms with van der Waals surface area (Å²) in [4.78, 5) is 4.40. The molecule has 1 saturated carbocycles. The molecule has 1 fully saturated rings. The van der Waals surface area contributed by atoms with Crippen molar-refractivity contribution in [3.05, 3.63) is 23.8 Å². The molecule has 102 valence electrons. The lowest BCUT2D eigenvalue weighted by atomic mass is 9.80. The molecule has 3 rings (SSSR count). The van der Waals surface area contributed by atoms with Gasteiger partial charge in [0.15, 0.2) is 5.76 Å². The molecule has 0 saturated heterocycles. The average molecular weight is 261 g/mol. The van der Waals surface area contributed by atoms with Crippen molar-refractivity contribution in [1.29, 1.82) is 0 Å². The maximum absolute atomic E-state index is 6.40. The minimum Gasteiger partial charge on any atom is -0.461 e. The molecule has 2 N–H and O–H groups in total. The zero-order chi connectivity index (χ0) is 13.3. The monoisotopic (exact) mass is 261 g/mol. The highest BCUT2D eigenvalue weighted by atomic mass is 16.5. The highest BCUT2D eigenvalue weighted by molar-refractivity contribution is 5.50. The summed E-state index contributed by atoms with van der Waals surface area (Å²) in [5, 5.41) is 3.98. The summed E-state index contributed by atoms with van der Waals surface area (Å²) in [6.07, 6.45) is 8.00. The second-order valence-electron chi connectivity index (χ2n) is 5.54. The van der Waals surface area contributed by atoms with Crippen molar-refractivity contribution in [2.45, 2.75) is 51.0 Å². The van der Waals surface area contributed by atoms with Gasteiger partial charge in [-0.3, -0.25) is 0 Å². The first kappa shape index (κ1) is 12.4. The van der Waals surface area contributed by atoms with Gasteiger partial charge in [-0.25, -0.2) is 0 Å². The lowest BCUT2D eigenvalue weighted by Gasteiger charge is -2.31. The van der Waals surface area contributed by atoms with Crippen molar-refractivity contribution < 1.29 is 8.94 Å². The summed E-state index contributed by atoms with van der Waals surface area (Å²) in [5.41, 5.74) is 7.22. The SMILES string of the molecule is Cc1ccoc1-c1noc(CC2(N)CCCCC2)n1. The van der Waals surface area contributed by atoms with Gasteiger partial charge in [-0.2, -0.15) is 4.98 Å². The Morgan fingerprint density at radius 3 is 2.79 bits per heavy atom. The Hall–Kier alpha value is -1.62. The summed E-state index contributed by atoms with van der Waals surface area (Å²) < 4.78 is 10.7. The van der Waals surface area contributed by atoms with Gasteiger partial charge >= 0.3 is 0 Å². The van der Waals surface area contributed by atoms with Crippen LogP contribution in [0.4, 0.5) is 0 Å². The fourth-order valence-electron chi connectivity index (χ4n) is 2.75. The van der Waals surface area contributed by atoms with Crippen LogP contribution in [0.1, 0.15) is 43.6 Å². The molecule has 2 aromatic rings. The van der Waals surface area contributed by atoms with E-state index in [0.29, 0.717) is 23.9 Å². The van der Waals surface area contributed by atoms with Crippen LogP contribution in [0.3, 0.4) is 0 Å². The van der Waals surface area contributed by atoms with Gasteiger partial charge in [0.25, 0.3) is 0 Å². The Kier molecular flexibility index (Phi) is 3.14. The maximum Gasteiger partial charge on any atom is 0.238 e. The van der Waals surface area contributed by atoms with E-state index in [1.165, 1.54) is 19.3 Å². The molecule has 0 radical (unpaired) electrons. The fourth-order valence-corrected chi connectivity index (χ4v) is 2.75. The van der Waals surface area contributed by atoms with Crippen LogP contribution in [-0.4, -0.2) is 15.7 Å². The van der Waals surface area contributed by atoms with Crippen LogP contribution in [0.25, 0.3) is 11.6 Å². The van der Waals surface area contributed by atoms with Crippen LogP contribution < -0.4 is 5.73 Å². The average Bonchev–Trinajstić information content (AvgIpc) is 2.98. The van der Waals surface area contributed by atoms with Crippen LogP contribution in [0.15, 0.2) is 21.3 Å². The number of hydrogen-bond donors (Lipinski definition) is 1. The van der Waals surface area contributed by atoms with Crippen LogP contribution in [0.2, 0.25) is 0 Å². The molecule has 19 heavy (non-hydrogen) atoms. The van der Waals surface area contributed by atoms with Gasteiger partial charge in [-0.15, -0.1) is 0 Å². The van der Waals surface area contributed by atoms with E-state index in [0.717, 1.165) is 18.4 Å². The summed E-state index contributed by atoms with van der Waals surface area (Å²) in [6.45, 7) is 1.96. The van der Waals surface area contributed by atoms with E-state index in [-0.39, 0.29) is 5.54 Å². The van der Waals surface area contributed by atoms with Gasteiger partial charge < -0.3 is 14.7 Å². The van der Waals surface area contributed by atoms with E-state index in [2.05, 4.69) is 10.1 Å². The van der Waals surface area contributed by atoms with Gasteiger partial charge in [0.1, 0.15) is 0 Å². The molecule has 0 unspecified atom stereocenters. The third kappa shape index (κ3) is 2.56. The number of rotatable bonds is 3. The van der Waals surface area contributed by atoms with E-state index in [1.807, 2.05) is 13.0 Å². The summed E-state index contributed by atoms with van der Waals surface area (Å²) >= 11 is 0. The normalized spacial score (nSPS) is 18.6. The molecular weight excluding hydrogens is 242 g/mol. The highest BCUT2D eigenvalue weighted by Gasteiger charge is 2.30. The summed E-state index contributed by atoms with van der Waals surface area (Å²) in [6, 6.07) is 1.89. The second-order valence-corrected chi connectivity index (χ2v) is 5.54. The van der Waals surface area contributed by atoms with Crippen molar-refractivity contribution in [2.24, 2.45) is 5.73 Å². The molecule has 5 heteroatoms. The third-order valence-electron chi connectivity index (χ3n) is 3.89. The number of aryl methyl sites for hydroxylation is 1.